The molecule has 0 spiro atoms. The van der Waals surface area contributed by atoms with E-state index in [1.54, 1.807) is 19.1 Å². The molecule has 0 saturated carbocycles. The third-order valence-corrected chi connectivity index (χ3v) is 6.11. The number of amides is 1. The summed E-state index contributed by atoms with van der Waals surface area (Å²) in [6, 6.07) is 14.8. The smallest absolute Gasteiger partial charge is 0.316 e. The molecular formula is C23H27NO5S. The van der Waals surface area contributed by atoms with Crippen LogP contribution in [-0.4, -0.2) is 52.9 Å². The molecule has 1 saturated heterocycles. The Bertz CT molecular complexity index is 879. The molecule has 160 valence electrons. The van der Waals surface area contributed by atoms with Crippen molar-refractivity contribution < 1.29 is 24.2 Å². The minimum atomic E-state index is -0.896. The summed E-state index contributed by atoms with van der Waals surface area (Å²) in [7, 11) is 0. The van der Waals surface area contributed by atoms with E-state index in [2.05, 4.69) is 0 Å². The van der Waals surface area contributed by atoms with Gasteiger partial charge in [0.2, 0.25) is 0 Å². The Balaban J connectivity index is 1.62. The number of benzene rings is 2. The standard InChI is InChI=1S/C23H27NO5S/c1-3-28-19-9-5-6-10-20(19)29-17-12-14-24(15-13-17)22(25)18-8-4-7-11-21(18)30-16(2)23(26)27/h4-11,16-17H,3,12-15H2,1-2H3,(H,26,27)/t16-/m0/s1. The van der Waals surface area contributed by atoms with Crippen molar-refractivity contribution in [2.24, 2.45) is 0 Å². The minimum absolute atomic E-state index is 0.0207. The number of carboxylic acid groups (broad SMARTS) is 1. The first-order valence-corrected chi connectivity index (χ1v) is 11.0. The van der Waals surface area contributed by atoms with E-state index in [0.717, 1.165) is 24.3 Å². The number of likely N-dealkylation sites (tertiary alicyclic amines) is 1. The van der Waals surface area contributed by atoms with Crippen LogP contribution >= 0.6 is 11.8 Å². The second kappa shape index (κ2) is 10.4. The topological polar surface area (TPSA) is 76.1 Å². The van der Waals surface area contributed by atoms with E-state index in [4.69, 9.17) is 9.47 Å². The molecule has 1 fully saturated rings. The lowest BCUT2D eigenvalue weighted by molar-refractivity contribution is -0.136. The maximum Gasteiger partial charge on any atom is 0.316 e. The molecule has 1 amide bonds. The molecule has 1 aliphatic rings. The van der Waals surface area contributed by atoms with Crippen molar-refractivity contribution in [3.05, 3.63) is 54.1 Å². The number of hydrogen-bond donors (Lipinski definition) is 1. The van der Waals surface area contributed by atoms with Crippen LogP contribution in [0.2, 0.25) is 0 Å². The van der Waals surface area contributed by atoms with Gasteiger partial charge in [0.25, 0.3) is 5.91 Å². The number of aliphatic carboxylic acids is 1. The maximum atomic E-state index is 13.1. The van der Waals surface area contributed by atoms with Crippen LogP contribution in [0.5, 0.6) is 11.5 Å². The predicted molar refractivity (Wildman–Crippen MR) is 117 cm³/mol. The van der Waals surface area contributed by atoms with Gasteiger partial charge in [0, 0.05) is 30.8 Å². The molecule has 0 unspecified atom stereocenters. The second-order valence-corrected chi connectivity index (χ2v) is 8.47. The van der Waals surface area contributed by atoms with Crippen molar-refractivity contribution in [3.63, 3.8) is 0 Å². The highest BCUT2D eigenvalue weighted by molar-refractivity contribution is 8.00. The SMILES string of the molecule is CCOc1ccccc1OC1CCN(C(=O)c2ccccc2S[C@@H](C)C(=O)O)CC1. The minimum Gasteiger partial charge on any atom is -0.490 e. The summed E-state index contributed by atoms with van der Waals surface area (Å²) >= 11 is 1.19. The number of ether oxygens (including phenoxy) is 2. The fourth-order valence-corrected chi connectivity index (χ4v) is 4.26. The summed E-state index contributed by atoms with van der Waals surface area (Å²) in [5.74, 6) is 0.502. The molecule has 2 aromatic rings. The maximum absolute atomic E-state index is 13.1. The summed E-state index contributed by atoms with van der Waals surface area (Å²) in [6.07, 6.45) is 1.48. The van der Waals surface area contributed by atoms with Crippen LogP contribution in [0, 0.1) is 0 Å². The number of nitrogens with zero attached hydrogens (tertiary/aromatic N) is 1. The van der Waals surface area contributed by atoms with Crippen molar-refractivity contribution in [1.29, 1.82) is 0 Å². The fraction of sp³-hybridized carbons (Fsp3) is 0.391. The highest BCUT2D eigenvalue weighted by Gasteiger charge is 2.27. The van der Waals surface area contributed by atoms with Gasteiger partial charge in [-0.05, 0) is 38.1 Å². The lowest BCUT2D eigenvalue weighted by Gasteiger charge is -2.33. The summed E-state index contributed by atoms with van der Waals surface area (Å²) in [5.41, 5.74) is 0.552. The number of piperidine rings is 1. The van der Waals surface area contributed by atoms with Crippen LogP contribution in [0.1, 0.15) is 37.0 Å². The molecule has 0 radical (unpaired) electrons. The Hall–Kier alpha value is -2.67. The summed E-state index contributed by atoms with van der Waals surface area (Å²) in [4.78, 5) is 26.8. The lowest BCUT2D eigenvalue weighted by Crippen LogP contribution is -2.42. The summed E-state index contributed by atoms with van der Waals surface area (Å²) in [5, 5.41) is 8.56. The van der Waals surface area contributed by atoms with Gasteiger partial charge >= 0.3 is 5.97 Å². The lowest BCUT2D eigenvalue weighted by atomic mass is 10.1. The Morgan fingerprint density at radius 3 is 2.40 bits per heavy atom. The van der Waals surface area contributed by atoms with Crippen molar-refractivity contribution in [2.45, 2.75) is 42.9 Å². The molecule has 1 atom stereocenters. The van der Waals surface area contributed by atoms with Gasteiger partial charge in [-0.1, -0.05) is 24.3 Å². The molecule has 3 rings (SSSR count). The van der Waals surface area contributed by atoms with Gasteiger partial charge in [0.1, 0.15) is 11.4 Å². The molecule has 30 heavy (non-hydrogen) atoms. The molecule has 6 nitrogen and oxygen atoms in total. The Morgan fingerprint density at radius 2 is 1.73 bits per heavy atom. The molecular weight excluding hydrogens is 402 g/mol. The number of carboxylic acids is 1. The normalized spacial score (nSPS) is 15.5. The van der Waals surface area contributed by atoms with Crippen molar-refractivity contribution >= 4 is 23.6 Å². The molecule has 1 N–H and O–H groups in total. The van der Waals surface area contributed by atoms with Gasteiger partial charge in [0.15, 0.2) is 11.5 Å². The number of para-hydroxylation sites is 2. The van der Waals surface area contributed by atoms with E-state index in [9.17, 15) is 14.7 Å². The van der Waals surface area contributed by atoms with Gasteiger partial charge < -0.3 is 19.5 Å². The quantitative estimate of drug-likeness (QED) is 0.630. The average molecular weight is 430 g/mol. The number of carbonyl (C=O) groups is 2. The molecule has 2 aromatic carbocycles. The first-order chi connectivity index (χ1) is 14.5. The highest BCUT2D eigenvalue weighted by Crippen LogP contribution is 2.31. The van der Waals surface area contributed by atoms with Gasteiger partial charge in [-0.15, -0.1) is 11.8 Å². The number of hydrogen-bond acceptors (Lipinski definition) is 5. The number of rotatable bonds is 8. The molecule has 1 aliphatic heterocycles. The first kappa shape index (κ1) is 22.0. The third-order valence-electron chi connectivity index (χ3n) is 4.94. The number of carbonyl (C=O) groups excluding carboxylic acids is 1. The van der Waals surface area contributed by atoms with Crippen LogP contribution in [0.25, 0.3) is 0 Å². The largest absolute Gasteiger partial charge is 0.490 e. The van der Waals surface area contributed by atoms with E-state index < -0.39 is 11.2 Å². The van der Waals surface area contributed by atoms with Crippen LogP contribution in [0.3, 0.4) is 0 Å². The van der Waals surface area contributed by atoms with Gasteiger partial charge in [-0.3, -0.25) is 9.59 Å². The summed E-state index contributed by atoms with van der Waals surface area (Å²) in [6.45, 7) is 5.32. The van der Waals surface area contributed by atoms with Gasteiger partial charge in [0.05, 0.1) is 12.2 Å². The first-order valence-electron chi connectivity index (χ1n) is 10.2. The van der Waals surface area contributed by atoms with Crippen molar-refractivity contribution in [3.8, 4) is 11.5 Å². The van der Waals surface area contributed by atoms with E-state index in [1.165, 1.54) is 11.8 Å². The average Bonchev–Trinajstić information content (AvgIpc) is 2.75. The fourth-order valence-electron chi connectivity index (χ4n) is 3.34. The van der Waals surface area contributed by atoms with E-state index in [1.807, 2.05) is 48.2 Å². The van der Waals surface area contributed by atoms with E-state index in [-0.39, 0.29) is 12.0 Å². The number of thioether (sulfide) groups is 1. The Morgan fingerprint density at radius 1 is 1.10 bits per heavy atom. The summed E-state index contributed by atoms with van der Waals surface area (Å²) < 4.78 is 11.8. The van der Waals surface area contributed by atoms with Crippen molar-refractivity contribution in [2.75, 3.05) is 19.7 Å². The van der Waals surface area contributed by atoms with Crippen LogP contribution in [0.15, 0.2) is 53.4 Å². The van der Waals surface area contributed by atoms with Crippen LogP contribution in [-0.2, 0) is 4.79 Å². The van der Waals surface area contributed by atoms with E-state index >= 15 is 0 Å². The molecule has 7 heteroatoms. The molecule has 0 aliphatic carbocycles. The van der Waals surface area contributed by atoms with Gasteiger partial charge in [-0.2, -0.15) is 0 Å². The Labute approximate surface area is 181 Å². The van der Waals surface area contributed by atoms with Crippen LogP contribution in [0.4, 0.5) is 0 Å². The predicted octanol–water partition coefficient (Wildman–Crippen LogP) is 4.33. The molecule has 0 aromatic heterocycles. The zero-order valence-electron chi connectivity index (χ0n) is 17.2. The van der Waals surface area contributed by atoms with E-state index in [0.29, 0.717) is 30.2 Å². The van der Waals surface area contributed by atoms with Gasteiger partial charge in [-0.25, -0.2) is 0 Å². The zero-order valence-corrected chi connectivity index (χ0v) is 18.1. The van der Waals surface area contributed by atoms with Crippen LogP contribution < -0.4 is 9.47 Å². The zero-order chi connectivity index (χ0) is 21.5. The van der Waals surface area contributed by atoms with Crippen molar-refractivity contribution in [1.82, 2.24) is 4.90 Å². The molecule has 0 bridgehead atoms. The highest BCUT2D eigenvalue weighted by atomic mass is 32.2. The monoisotopic (exact) mass is 429 g/mol. The molecule has 1 heterocycles. The second-order valence-electron chi connectivity index (χ2n) is 7.08. The third kappa shape index (κ3) is 5.48. The Kier molecular flexibility index (Phi) is 7.63.